The Kier molecular flexibility index (Phi) is 4.64. The molecule has 1 fully saturated rings. The summed E-state index contributed by atoms with van der Waals surface area (Å²) in [5.41, 5.74) is 4.19. The minimum atomic E-state index is 0.439. The van der Waals surface area contributed by atoms with E-state index >= 15 is 0 Å². The van der Waals surface area contributed by atoms with Gasteiger partial charge in [-0.05, 0) is 36.7 Å². The van der Waals surface area contributed by atoms with Crippen molar-refractivity contribution in [3.63, 3.8) is 0 Å². The first kappa shape index (κ1) is 16.4. The molecule has 4 nitrogen and oxygen atoms in total. The predicted octanol–water partition coefficient (Wildman–Crippen LogP) is 2.70. The van der Waals surface area contributed by atoms with Gasteiger partial charge in [-0.2, -0.15) is 0 Å². The first-order chi connectivity index (χ1) is 12.3. The second-order valence-corrected chi connectivity index (χ2v) is 6.93. The van der Waals surface area contributed by atoms with Crippen molar-refractivity contribution in [1.29, 1.82) is 0 Å². The molecular weight excluding hydrogens is 310 g/mol. The quantitative estimate of drug-likeness (QED) is 0.928. The van der Waals surface area contributed by atoms with Crippen molar-refractivity contribution in [2.75, 3.05) is 45.2 Å². The zero-order chi connectivity index (χ0) is 17.2. The van der Waals surface area contributed by atoms with Crippen LogP contribution in [0, 0.1) is 0 Å². The van der Waals surface area contributed by atoms with Crippen LogP contribution in [0.4, 0.5) is 5.69 Å². The van der Waals surface area contributed by atoms with Gasteiger partial charge in [-0.3, -0.25) is 4.90 Å². The molecule has 1 aliphatic heterocycles. The van der Waals surface area contributed by atoms with E-state index in [-0.39, 0.29) is 0 Å². The van der Waals surface area contributed by atoms with E-state index in [2.05, 4.69) is 58.6 Å². The third kappa shape index (κ3) is 3.00. The van der Waals surface area contributed by atoms with Gasteiger partial charge in [0.05, 0.1) is 12.8 Å². The first-order valence-corrected chi connectivity index (χ1v) is 9.19. The van der Waals surface area contributed by atoms with Gasteiger partial charge < -0.3 is 15.0 Å². The Bertz CT molecular complexity index is 725. The topological polar surface area (TPSA) is 27.7 Å². The van der Waals surface area contributed by atoms with Gasteiger partial charge in [-0.25, -0.2) is 0 Å². The van der Waals surface area contributed by atoms with Gasteiger partial charge in [0.25, 0.3) is 0 Å². The number of nitrogens with zero attached hydrogens (tertiary/aromatic N) is 2. The average Bonchev–Trinajstić information content (AvgIpc) is 3.06. The molecule has 0 unspecified atom stereocenters. The van der Waals surface area contributed by atoms with Crippen LogP contribution in [0.2, 0.25) is 0 Å². The number of hydrogen-bond acceptors (Lipinski definition) is 4. The van der Waals surface area contributed by atoms with E-state index in [1.165, 1.54) is 16.8 Å². The number of anilines is 1. The number of benzene rings is 2. The molecule has 1 N–H and O–H groups in total. The Labute approximate surface area is 150 Å². The highest BCUT2D eigenvalue weighted by molar-refractivity contribution is 5.58. The van der Waals surface area contributed by atoms with E-state index in [1.54, 1.807) is 7.11 Å². The van der Waals surface area contributed by atoms with E-state index < -0.39 is 0 Å². The number of methoxy groups -OCH3 is 1. The molecular formula is C21H27N3O. The summed E-state index contributed by atoms with van der Waals surface area (Å²) in [6.45, 7) is 4.27. The number of para-hydroxylation sites is 2. The SMILES string of the molecule is CN[C@@H]1c2ccccc2C[C@H]1N1CCN(c2ccccc2OC)CC1. The van der Waals surface area contributed by atoms with E-state index in [1.807, 2.05) is 12.1 Å². The van der Waals surface area contributed by atoms with Crippen molar-refractivity contribution in [3.8, 4) is 5.75 Å². The Hall–Kier alpha value is -2.04. The highest BCUT2D eigenvalue weighted by Gasteiger charge is 2.36. The van der Waals surface area contributed by atoms with Crippen molar-refractivity contribution < 1.29 is 4.74 Å². The fraction of sp³-hybridized carbons (Fsp3) is 0.429. The maximum absolute atomic E-state index is 5.54. The Morgan fingerprint density at radius 1 is 0.960 bits per heavy atom. The number of piperazine rings is 1. The lowest BCUT2D eigenvalue weighted by Crippen LogP contribution is -2.53. The smallest absolute Gasteiger partial charge is 0.142 e. The standard InChI is InChI=1S/C21H27N3O/c1-22-21-17-8-4-3-7-16(17)15-19(21)24-13-11-23(12-14-24)18-9-5-6-10-20(18)25-2/h3-10,19,21-22H,11-15H2,1-2H3/t19-,21-/m1/s1. The van der Waals surface area contributed by atoms with E-state index in [9.17, 15) is 0 Å². The monoisotopic (exact) mass is 337 g/mol. The zero-order valence-corrected chi connectivity index (χ0v) is 15.1. The van der Waals surface area contributed by atoms with E-state index in [4.69, 9.17) is 4.74 Å². The molecule has 0 spiro atoms. The van der Waals surface area contributed by atoms with Gasteiger partial charge in [0.15, 0.2) is 0 Å². The van der Waals surface area contributed by atoms with Crippen molar-refractivity contribution in [2.24, 2.45) is 0 Å². The van der Waals surface area contributed by atoms with Crippen molar-refractivity contribution in [3.05, 3.63) is 59.7 Å². The van der Waals surface area contributed by atoms with Crippen molar-refractivity contribution in [2.45, 2.75) is 18.5 Å². The number of rotatable bonds is 4. The molecule has 2 aromatic carbocycles. The second kappa shape index (κ2) is 7.06. The molecule has 0 amide bonds. The number of ether oxygens (including phenoxy) is 1. The van der Waals surface area contributed by atoms with Gasteiger partial charge in [0, 0.05) is 38.3 Å². The molecule has 2 aromatic rings. The summed E-state index contributed by atoms with van der Waals surface area (Å²) >= 11 is 0. The van der Waals surface area contributed by atoms with Gasteiger partial charge in [-0.15, -0.1) is 0 Å². The molecule has 0 aromatic heterocycles. The summed E-state index contributed by atoms with van der Waals surface area (Å²) in [6.07, 6.45) is 1.15. The summed E-state index contributed by atoms with van der Waals surface area (Å²) in [7, 11) is 3.84. The van der Waals surface area contributed by atoms with Gasteiger partial charge >= 0.3 is 0 Å². The van der Waals surface area contributed by atoms with Crippen LogP contribution in [0.15, 0.2) is 48.5 Å². The highest BCUT2D eigenvalue weighted by Crippen LogP contribution is 2.35. The molecule has 0 bridgehead atoms. The van der Waals surface area contributed by atoms with Crippen molar-refractivity contribution in [1.82, 2.24) is 10.2 Å². The maximum atomic E-state index is 5.54. The summed E-state index contributed by atoms with van der Waals surface area (Å²) in [6, 6.07) is 18.2. The Morgan fingerprint density at radius 3 is 2.44 bits per heavy atom. The average molecular weight is 337 g/mol. The summed E-state index contributed by atoms with van der Waals surface area (Å²) in [4.78, 5) is 5.11. The molecule has 2 aliphatic rings. The zero-order valence-electron chi connectivity index (χ0n) is 15.1. The van der Waals surface area contributed by atoms with E-state index in [0.717, 1.165) is 38.3 Å². The first-order valence-electron chi connectivity index (χ1n) is 9.19. The lowest BCUT2D eigenvalue weighted by atomic mass is 10.1. The highest BCUT2D eigenvalue weighted by atomic mass is 16.5. The van der Waals surface area contributed by atoms with Gasteiger partial charge in [0.1, 0.15) is 5.75 Å². The van der Waals surface area contributed by atoms with Crippen molar-refractivity contribution >= 4 is 5.69 Å². The number of likely N-dealkylation sites (N-methyl/N-ethyl adjacent to an activating group) is 1. The van der Waals surface area contributed by atoms with Crippen LogP contribution in [0.25, 0.3) is 0 Å². The summed E-state index contributed by atoms with van der Waals surface area (Å²) in [5, 5.41) is 3.55. The molecule has 25 heavy (non-hydrogen) atoms. The number of hydrogen-bond donors (Lipinski definition) is 1. The number of nitrogens with one attached hydrogen (secondary N) is 1. The van der Waals surface area contributed by atoms with Gasteiger partial charge in [-0.1, -0.05) is 36.4 Å². The maximum Gasteiger partial charge on any atom is 0.142 e. The summed E-state index contributed by atoms with van der Waals surface area (Å²) < 4.78 is 5.54. The molecule has 1 saturated heterocycles. The molecule has 0 radical (unpaired) electrons. The molecule has 0 saturated carbocycles. The minimum Gasteiger partial charge on any atom is -0.495 e. The second-order valence-electron chi connectivity index (χ2n) is 6.93. The number of fused-ring (bicyclic) bond motifs is 1. The van der Waals surface area contributed by atoms with Crippen LogP contribution in [-0.4, -0.2) is 51.3 Å². The lowest BCUT2D eigenvalue weighted by Gasteiger charge is -2.41. The molecule has 2 atom stereocenters. The van der Waals surface area contributed by atoms with Crippen LogP contribution < -0.4 is 15.0 Å². The fourth-order valence-electron chi connectivity index (χ4n) is 4.45. The molecule has 1 heterocycles. The third-order valence-electron chi connectivity index (χ3n) is 5.72. The normalized spacial score (nSPS) is 23.5. The largest absolute Gasteiger partial charge is 0.495 e. The minimum absolute atomic E-state index is 0.439. The van der Waals surface area contributed by atoms with Crippen LogP contribution in [0.5, 0.6) is 5.75 Å². The molecule has 1 aliphatic carbocycles. The van der Waals surface area contributed by atoms with Crippen LogP contribution in [0.3, 0.4) is 0 Å². The van der Waals surface area contributed by atoms with Gasteiger partial charge in [0.2, 0.25) is 0 Å². The Balaban J connectivity index is 1.46. The Morgan fingerprint density at radius 2 is 1.68 bits per heavy atom. The molecule has 4 heteroatoms. The molecule has 4 rings (SSSR count). The van der Waals surface area contributed by atoms with Crippen LogP contribution >= 0.6 is 0 Å². The summed E-state index contributed by atoms with van der Waals surface area (Å²) in [5.74, 6) is 0.970. The predicted molar refractivity (Wildman–Crippen MR) is 103 cm³/mol. The molecule has 132 valence electrons. The van der Waals surface area contributed by atoms with Crippen LogP contribution in [0.1, 0.15) is 17.2 Å². The van der Waals surface area contributed by atoms with Crippen LogP contribution in [-0.2, 0) is 6.42 Å². The lowest BCUT2D eigenvalue weighted by molar-refractivity contribution is 0.160. The van der Waals surface area contributed by atoms with E-state index in [0.29, 0.717) is 12.1 Å². The fourth-order valence-corrected chi connectivity index (χ4v) is 4.45. The third-order valence-corrected chi connectivity index (χ3v) is 5.72.